The normalized spacial score (nSPS) is 19.3. The molecule has 0 heterocycles. The van der Waals surface area contributed by atoms with Gasteiger partial charge in [0, 0.05) is 5.02 Å². The second-order valence-corrected chi connectivity index (χ2v) is 5.88. The minimum absolute atomic E-state index is 0.0315. The van der Waals surface area contributed by atoms with Gasteiger partial charge in [-0.05, 0) is 37.5 Å². The first-order valence-corrected chi connectivity index (χ1v) is 7.45. The number of nitrogens with two attached hydrogens (primary N) is 1. The fraction of sp³-hybridized carbons (Fsp3) is 0.600. The molecule has 0 bridgehead atoms. The van der Waals surface area contributed by atoms with Gasteiger partial charge in [0.1, 0.15) is 11.9 Å². The van der Waals surface area contributed by atoms with Crippen LogP contribution < -0.4 is 16.0 Å². The lowest BCUT2D eigenvalue weighted by Crippen LogP contribution is -2.46. The lowest BCUT2D eigenvalue weighted by Gasteiger charge is -2.26. The maximum Gasteiger partial charge on any atom is 0.121 e. The van der Waals surface area contributed by atoms with Crippen LogP contribution >= 0.6 is 11.6 Å². The Balaban J connectivity index is 1.90. The van der Waals surface area contributed by atoms with Crippen molar-refractivity contribution in [3.63, 3.8) is 0 Å². The lowest BCUT2D eigenvalue weighted by molar-refractivity contribution is 0.153. The van der Waals surface area contributed by atoms with Gasteiger partial charge in [-0.15, -0.1) is 0 Å². The van der Waals surface area contributed by atoms with Gasteiger partial charge >= 0.3 is 0 Å². The van der Waals surface area contributed by atoms with E-state index < -0.39 is 0 Å². The largest absolute Gasteiger partial charge is 0.489 e. The Hall–Kier alpha value is -0.770. The Morgan fingerprint density at radius 2 is 2.16 bits per heavy atom. The van der Waals surface area contributed by atoms with Crippen LogP contribution in [0.1, 0.15) is 39.0 Å². The molecule has 1 saturated carbocycles. The second kappa shape index (κ2) is 7.13. The predicted octanol–water partition coefficient (Wildman–Crippen LogP) is 3.52. The Labute approximate surface area is 120 Å². The van der Waals surface area contributed by atoms with Gasteiger partial charge in [-0.1, -0.05) is 43.4 Å². The number of hydrogen-bond acceptors (Lipinski definition) is 3. The predicted molar refractivity (Wildman–Crippen MR) is 79.2 cm³/mol. The van der Waals surface area contributed by atoms with E-state index in [1.165, 1.54) is 25.7 Å². The first kappa shape index (κ1) is 14.6. The number of hydrogen-bond donors (Lipinski definition) is 2. The first-order valence-electron chi connectivity index (χ1n) is 7.07. The maximum absolute atomic E-state index is 5.96. The van der Waals surface area contributed by atoms with Crippen molar-refractivity contribution >= 4 is 11.6 Å². The third kappa shape index (κ3) is 4.37. The first-order chi connectivity index (χ1) is 9.19. The Morgan fingerprint density at radius 3 is 2.79 bits per heavy atom. The molecule has 0 aromatic heterocycles. The smallest absolute Gasteiger partial charge is 0.121 e. The molecule has 2 rings (SSSR count). The molecular formula is C15H23ClN2O. The van der Waals surface area contributed by atoms with Crippen LogP contribution in [0.5, 0.6) is 5.75 Å². The van der Waals surface area contributed by atoms with Gasteiger partial charge in [-0.25, -0.2) is 0 Å². The van der Waals surface area contributed by atoms with Crippen molar-refractivity contribution in [1.82, 2.24) is 5.43 Å². The zero-order valence-electron chi connectivity index (χ0n) is 11.4. The Morgan fingerprint density at radius 1 is 1.42 bits per heavy atom. The molecule has 0 aliphatic heterocycles. The average Bonchev–Trinajstić information content (AvgIpc) is 2.88. The molecule has 0 saturated heterocycles. The van der Waals surface area contributed by atoms with Crippen LogP contribution in [0.25, 0.3) is 0 Å². The molecule has 1 aromatic rings. The highest BCUT2D eigenvalue weighted by Crippen LogP contribution is 2.29. The van der Waals surface area contributed by atoms with E-state index in [1.54, 1.807) is 0 Å². The zero-order valence-corrected chi connectivity index (χ0v) is 12.2. The van der Waals surface area contributed by atoms with E-state index in [0.717, 1.165) is 18.1 Å². The highest BCUT2D eigenvalue weighted by Gasteiger charge is 2.24. The summed E-state index contributed by atoms with van der Waals surface area (Å²) < 4.78 is 5.93. The van der Waals surface area contributed by atoms with E-state index in [4.69, 9.17) is 22.2 Å². The molecule has 106 valence electrons. The quantitative estimate of drug-likeness (QED) is 0.620. The van der Waals surface area contributed by atoms with Gasteiger partial charge in [0.05, 0.1) is 6.04 Å². The van der Waals surface area contributed by atoms with Gasteiger partial charge in [0.15, 0.2) is 0 Å². The van der Waals surface area contributed by atoms with E-state index in [0.29, 0.717) is 5.02 Å². The van der Waals surface area contributed by atoms with E-state index in [1.807, 2.05) is 24.3 Å². The molecule has 2 unspecified atom stereocenters. The van der Waals surface area contributed by atoms with Crippen LogP contribution in [-0.4, -0.2) is 12.1 Å². The highest BCUT2D eigenvalue weighted by atomic mass is 35.5. The van der Waals surface area contributed by atoms with Crippen molar-refractivity contribution in [3.8, 4) is 5.75 Å². The van der Waals surface area contributed by atoms with E-state index in [2.05, 4.69) is 12.3 Å². The van der Waals surface area contributed by atoms with Gasteiger partial charge < -0.3 is 4.74 Å². The van der Waals surface area contributed by atoms with Crippen molar-refractivity contribution in [3.05, 3.63) is 29.3 Å². The molecule has 3 N–H and O–H groups in total. The molecule has 1 aliphatic carbocycles. The SMILES string of the molecule is CC(Oc1cccc(Cl)c1)C(CC1CCCC1)NN. The van der Waals surface area contributed by atoms with Crippen molar-refractivity contribution in [1.29, 1.82) is 0 Å². The summed E-state index contributed by atoms with van der Waals surface area (Å²) in [6, 6.07) is 7.68. The summed E-state index contributed by atoms with van der Waals surface area (Å²) in [5.74, 6) is 7.26. The van der Waals surface area contributed by atoms with E-state index in [-0.39, 0.29) is 12.1 Å². The second-order valence-electron chi connectivity index (χ2n) is 5.44. The van der Waals surface area contributed by atoms with Crippen LogP contribution in [0.4, 0.5) is 0 Å². The molecule has 0 radical (unpaired) electrons. The van der Waals surface area contributed by atoms with Gasteiger partial charge in [0.25, 0.3) is 0 Å². The van der Waals surface area contributed by atoms with Gasteiger partial charge in [-0.2, -0.15) is 0 Å². The Kier molecular flexibility index (Phi) is 5.49. The van der Waals surface area contributed by atoms with E-state index >= 15 is 0 Å². The molecule has 4 heteroatoms. The molecule has 19 heavy (non-hydrogen) atoms. The molecule has 2 atom stereocenters. The lowest BCUT2D eigenvalue weighted by atomic mass is 9.96. The number of hydrazine groups is 1. The van der Waals surface area contributed by atoms with Crippen molar-refractivity contribution in [2.45, 2.75) is 51.2 Å². The third-order valence-corrected chi connectivity index (χ3v) is 4.20. The van der Waals surface area contributed by atoms with Crippen LogP contribution in [0.3, 0.4) is 0 Å². The maximum atomic E-state index is 5.96. The van der Waals surface area contributed by atoms with Crippen LogP contribution in [0.15, 0.2) is 24.3 Å². The van der Waals surface area contributed by atoms with Crippen LogP contribution in [-0.2, 0) is 0 Å². The van der Waals surface area contributed by atoms with E-state index in [9.17, 15) is 0 Å². The minimum Gasteiger partial charge on any atom is -0.489 e. The molecule has 1 aromatic carbocycles. The van der Waals surface area contributed by atoms with Crippen molar-refractivity contribution in [2.75, 3.05) is 0 Å². The molecule has 0 spiro atoms. The highest BCUT2D eigenvalue weighted by molar-refractivity contribution is 6.30. The summed E-state index contributed by atoms with van der Waals surface area (Å²) in [6.45, 7) is 2.06. The van der Waals surface area contributed by atoms with Crippen LogP contribution in [0.2, 0.25) is 5.02 Å². The summed E-state index contributed by atoms with van der Waals surface area (Å²) in [6.07, 6.45) is 6.46. The monoisotopic (exact) mass is 282 g/mol. The fourth-order valence-corrected chi connectivity index (χ4v) is 3.02. The van der Waals surface area contributed by atoms with Crippen molar-refractivity contribution < 1.29 is 4.74 Å². The number of benzene rings is 1. The molecule has 3 nitrogen and oxygen atoms in total. The number of ether oxygens (including phenoxy) is 1. The summed E-state index contributed by atoms with van der Waals surface area (Å²) in [7, 11) is 0. The summed E-state index contributed by atoms with van der Waals surface area (Å²) >= 11 is 5.96. The number of rotatable bonds is 6. The van der Waals surface area contributed by atoms with Gasteiger partial charge in [-0.3, -0.25) is 11.3 Å². The average molecular weight is 283 g/mol. The summed E-state index contributed by atoms with van der Waals surface area (Å²) in [5, 5.41) is 0.692. The summed E-state index contributed by atoms with van der Waals surface area (Å²) in [4.78, 5) is 0. The standard InChI is InChI=1S/C15H23ClN2O/c1-11(19-14-8-4-7-13(16)10-14)15(18-17)9-12-5-2-3-6-12/h4,7-8,10-12,15,18H,2-3,5-6,9,17H2,1H3. The summed E-state index contributed by atoms with van der Waals surface area (Å²) in [5.41, 5.74) is 2.91. The molecule has 0 amide bonds. The number of nitrogens with one attached hydrogen (secondary N) is 1. The molecule has 1 aliphatic rings. The number of halogens is 1. The third-order valence-electron chi connectivity index (χ3n) is 3.96. The zero-order chi connectivity index (χ0) is 13.7. The van der Waals surface area contributed by atoms with Crippen LogP contribution in [0, 0.1) is 5.92 Å². The van der Waals surface area contributed by atoms with Gasteiger partial charge in [0.2, 0.25) is 0 Å². The minimum atomic E-state index is 0.0315. The molecule has 1 fully saturated rings. The Bertz CT molecular complexity index is 393. The van der Waals surface area contributed by atoms with Crippen molar-refractivity contribution in [2.24, 2.45) is 11.8 Å². The fourth-order valence-electron chi connectivity index (χ4n) is 2.84. The molecular weight excluding hydrogens is 260 g/mol. The topological polar surface area (TPSA) is 47.3 Å².